The number of ether oxygens (including phenoxy) is 2. The molecule has 2 heterocycles. The molecule has 0 bridgehead atoms. The maximum Gasteiger partial charge on any atom is 0.0976 e. The molecule has 2 saturated heterocycles. The Morgan fingerprint density at radius 3 is 2.50 bits per heavy atom. The van der Waals surface area contributed by atoms with Crippen molar-refractivity contribution in [3.63, 3.8) is 0 Å². The predicted molar refractivity (Wildman–Crippen MR) is 79.5 cm³/mol. The molecule has 2 saturated carbocycles. The summed E-state index contributed by atoms with van der Waals surface area (Å²) in [6.07, 6.45) is 7.14. The third kappa shape index (κ3) is 1.90. The first kappa shape index (κ1) is 13.6. The molecule has 8 atom stereocenters. The van der Waals surface area contributed by atoms with Gasteiger partial charge in [-0.15, -0.1) is 0 Å². The van der Waals surface area contributed by atoms with Crippen molar-refractivity contribution >= 4 is 0 Å². The van der Waals surface area contributed by atoms with Gasteiger partial charge in [0.1, 0.15) is 0 Å². The third-order valence-electron chi connectivity index (χ3n) is 7.35. The lowest BCUT2D eigenvalue weighted by Gasteiger charge is -2.41. The van der Waals surface area contributed by atoms with Crippen molar-refractivity contribution < 1.29 is 9.47 Å². The second-order valence-corrected chi connectivity index (χ2v) is 8.64. The lowest BCUT2D eigenvalue weighted by molar-refractivity contribution is 0.0673. The van der Waals surface area contributed by atoms with Gasteiger partial charge >= 0.3 is 0 Å². The summed E-state index contributed by atoms with van der Waals surface area (Å²) in [6.45, 7) is 10.6. The molecule has 20 heavy (non-hydrogen) atoms. The van der Waals surface area contributed by atoms with E-state index in [0.717, 1.165) is 30.3 Å². The second-order valence-electron chi connectivity index (χ2n) is 8.64. The van der Waals surface area contributed by atoms with Gasteiger partial charge in [-0.05, 0) is 62.7 Å². The smallest absolute Gasteiger partial charge is 0.0976 e. The zero-order valence-corrected chi connectivity index (χ0v) is 13.5. The number of hydrogen-bond acceptors (Lipinski definition) is 2. The summed E-state index contributed by atoms with van der Waals surface area (Å²) in [7, 11) is 0. The maximum atomic E-state index is 6.28. The van der Waals surface area contributed by atoms with Crippen LogP contribution in [0.2, 0.25) is 0 Å². The van der Waals surface area contributed by atoms with Crippen molar-refractivity contribution in [3.05, 3.63) is 0 Å². The van der Waals surface area contributed by atoms with Gasteiger partial charge in [0.05, 0.1) is 23.9 Å². The first-order valence-corrected chi connectivity index (χ1v) is 8.76. The Hall–Kier alpha value is -0.0800. The fourth-order valence-corrected chi connectivity index (χ4v) is 5.22. The van der Waals surface area contributed by atoms with Gasteiger partial charge in [-0.2, -0.15) is 0 Å². The molecule has 4 fully saturated rings. The summed E-state index contributed by atoms with van der Waals surface area (Å²) in [4.78, 5) is 0. The largest absolute Gasteiger partial charge is 0.369 e. The SMILES string of the molecule is CC1C[C@@H](C[C@H]2O[C@]2(C)[C@H]2C[C@H](C)CC[C@]23CO3)C1C. The van der Waals surface area contributed by atoms with Gasteiger partial charge in [0.2, 0.25) is 0 Å². The second kappa shape index (κ2) is 4.23. The van der Waals surface area contributed by atoms with Crippen LogP contribution in [0.5, 0.6) is 0 Å². The predicted octanol–water partition coefficient (Wildman–Crippen LogP) is 4.03. The highest BCUT2D eigenvalue weighted by atomic mass is 16.6. The molecule has 2 nitrogen and oxygen atoms in total. The molecule has 0 radical (unpaired) electrons. The van der Waals surface area contributed by atoms with Crippen LogP contribution in [0.3, 0.4) is 0 Å². The number of epoxide rings is 2. The molecular formula is C18H30O2. The van der Waals surface area contributed by atoms with E-state index in [4.69, 9.17) is 9.47 Å². The third-order valence-corrected chi connectivity index (χ3v) is 7.35. The van der Waals surface area contributed by atoms with Gasteiger partial charge in [-0.25, -0.2) is 0 Å². The van der Waals surface area contributed by atoms with Gasteiger partial charge in [0, 0.05) is 5.92 Å². The van der Waals surface area contributed by atoms with Crippen molar-refractivity contribution in [3.8, 4) is 0 Å². The van der Waals surface area contributed by atoms with Crippen LogP contribution in [0.25, 0.3) is 0 Å². The standard InChI is InChI=1S/C18H30O2/c1-11-5-6-18(10-19-18)15(7-11)17(4)16(20-17)9-14-8-12(2)13(14)3/h11-16H,5-10H2,1-4H3/t11-,12?,13?,14+,15-,16-,17-,18+/m1/s1. The number of rotatable bonds is 3. The normalized spacial score (nSPS) is 61.2. The van der Waals surface area contributed by atoms with Crippen LogP contribution in [0.4, 0.5) is 0 Å². The summed E-state index contributed by atoms with van der Waals surface area (Å²) in [5.74, 6) is 4.24. The first-order valence-electron chi connectivity index (χ1n) is 8.76. The minimum atomic E-state index is 0.129. The van der Waals surface area contributed by atoms with Gasteiger partial charge in [-0.1, -0.05) is 20.8 Å². The van der Waals surface area contributed by atoms with Gasteiger partial charge in [-0.3, -0.25) is 0 Å². The molecule has 4 aliphatic rings. The molecule has 2 unspecified atom stereocenters. The fourth-order valence-electron chi connectivity index (χ4n) is 5.22. The molecule has 2 aliphatic carbocycles. The van der Waals surface area contributed by atoms with Gasteiger partial charge in [0.15, 0.2) is 0 Å². The molecule has 114 valence electrons. The monoisotopic (exact) mass is 278 g/mol. The van der Waals surface area contributed by atoms with Gasteiger partial charge in [0.25, 0.3) is 0 Å². The average Bonchev–Trinajstić information content (AvgIpc) is 3.32. The lowest BCUT2D eigenvalue weighted by Crippen LogP contribution is -2.42. The molecule has 0 aromatic heterocycles. The Bertz CT molecular complexity index is 402. The molecule has 1 spiro atoms. The van der Waals surface area contributed by atoms with Crippen LogP contribution < -0.4 is 0 Å². The van der Waals surface area contributed by atoms with E-state index in [2.05, 4.69) is 27.7 Å². The highest BCUT2D eigenvalue weighted by Gasteiger charge is 2.68. The van der Waals surface area contributed by atoms with Crippen LogP contribution in [0, 0.1) is 29.6 Å². The van der Waals surface area contributed by atoms with Crippen molar-refractivity contribution in [2.24, 2.45) is 29.6 Å². The van der Waals surface area contributed by atoms with E-state index >= 15 is 0 Å². The zero-order valence-electron chi connectivity index (χ0n) is 13.5. The summed E-state index contributed by atoms with van der Waals surface area (Å²) in [5.41, 5.74) is 0.345. The van der Waals surface area contributed by atoms with Crippen molar-refractivity contribution in [2.45, 2.75) is 77.1 Å². The minimum Gasteiger partial charge on any atom is -0.369 e. The number of hydrogen-bond donors (Lipinski definition) is 0. The summed E-state index contributed by atoms with van der Waals surface area (Å²) >= 11 is 0. The Balaban J connectivity index is 1.41. The first-order chi connectivity index (χ1) is 9.44. The van der Waals surface area contributed by atoms with Crippen molar-refractivity contribution in [2.75, 3.05) is 6.61 Å². The van der Waals surface area contributed by atoms with E-state index in [-0.39, 0.29) is 11.2 Å². The van der Waals surface area contributed by atoms with Crippen LogP contribution in [0.1, 0.15) is 59.8 Å². The van der Waals surface area contributed by atoms with E-state index in [1.165, 1.54) is 32.1 Å². The molecule has 0 N–H and O–H groups in total. The molecule has 4 rings (SSSR count). The van der Waals surface area contributed by atoms with Crippen LogP contribution in [0.15, 0.2) is 0 Å². The maximum absolute atomic E-state index is 6.28. The lowest BCUT2D eigenvalue weighted by atomic mass is 9.63. The molecule has 2 heteroatoms. The van der Waals surface area contributed by atoms with E-state index in [1.54, 1.807) is 0 Å². The molecule has 0 amide bonds. The summed E-state index contributed by atoms with van der Waals surface area (Å²) in [6, 6.07) is 0. The summed E-state index contributed by atoms with van der Waals surface area (Å²) < 4.78 is 12.2. The Morgan fingerprint density at radius 1 is 1.15 bits per heavy atom. The average molecular weight is 278 g/mol. The van der Waals surface area contributed by atoms with E-state index in [9.17, 15) is 0 Å². The highest BCUT2D eigenvalue weighted by molar-refractivity contribution is 5.16. The topological polar surface area (TPSA) is 25.1 Å². The van der Waals surface area contributed by atoms with Crippen molar-refractivity contribution in [1.82, 2.24) is 0 Å². The van der Waals surface area contributed by atoms with E-state index in [0.29, 0.717) is 12.0 Å². The van der Waals surface area contributed by atoms with Crippen LogP contribution in [-0.4, -0.2) is 23.9 Å². The molecule has 2 aliphatic heterocycles. The minimum absolute atomic E-state index is 0.129. The molecular weight excluding hydrogens is 248 g/mol. The fraction of sp³-hybridized carbons (Fsp3) is 1.00. The van der Waals surface area contributed by atoms with Crippen LogP contribution in [-0.2, 0) is 9.47 Å². The van der Waals surface area contributed by atoms with Crippen molar-refractivity contribution in [1.29, 1.82) is 0 Å². The zero-order chi connectivity index (χ0) is 14.1. The van der Waals surface area contributed by atoms with E-state index in [1.807, 2.05) is 0 Å². The summed E-state index contributed by atoms with van der Waals surface area (Å²) in [5, 5.41) is 0. The Labute approximate surface area is 123 Å². The Morgan fingerprint density at radius 2 is 1.90 bits per heavy atom. The molecule has 0 aromatic rings. The van der Waals surface area contributed by atoms with E-state index < -0.39 is 0 Å². The van der Waals surface area contributed by atoms with Gasteiger partial charge < -0.3 is 9.47 Å². The molecule has 0 aromatic carbocycles. The highest BCUT2D eigenvalue weighted by Crippen LogP contribution is 2.61. The quantitative estimate of drug-likeness (QED) is 0.728. The van der Waals surface area contributed by atoms with Crippen LogP contribution >= 0.6 is 0 Å². The Kier molecular flexibility index (Phi) is 2.87.